The molecule has 0 bridgehead atoms. The van der Waals surface area contributed by atoms with Gasteiger partial charge in [-0.3, -0.25) is 0 Å². The largest absolute Gasteiger partial charge is 0.353 e. The first-order chi connectivity index (χ1) is 9.86. The first-order valence-electron chi connectivity index (χ1n) is 7.10. The van der Waals surface area contributed by atoms with E-state index in [9.17, 15) is 0 Å². The standard InChI is InChI=1S/C13H30O7Si/c1-8-17-11(4,20-16-7)12(18-9-2,19-10-3)13(21,14-5)15-6/h8-10H2,1-7,21H3. The first kappa shape index (κ1) is 20.9. The Morgan fingerprint density at radius 1 is 0.810 bits per heavy atom. The van der Waals surface area contributed by atoms with Gasteiger partial charge < -0.3 is 23.7 Å². The van der Waals surface area contributed by atoms with Gasteiger partial charge in [0.1, 0.15) is 0 Å². The second kappa shape index (κ2) is 9.16. The minimum atomic E-state index is -1.44. The maximum Gasteiger partial charge on any atom is 0.277 e. The van der Waals surface area contributed by atoms with Gasteiger partial charge in [-0.25, -0.2) is 4.89 Å². The van der Waals surface area contributed by atoms with Crippen molar-refractivity contribution in [3.63, 3.8) is 0 Å². The van der Waals surface area contributed by atoms with Crippen LogP contribution in [0.2, 0.25) is 0 Å². The van der Waals surface area contributed by atoms with Crippen molar-refractivity contribution in [2.24, 2.45) is 0 Å². The zero-order valence-electron chi connectivity index (χ0n) is 14.5. The molecule has 0 spiro atoms. The van der Waals surface area contributed by atoms with Crippen molar-refractivity contribution >= 4 is 10.2 Å². The highest BCUT2D eigenvalue weighted by atomic mass is 28.1. The van der Waals surface area contributed by atoms with Crippen molar-refractivity contribution in [1.82, 2.24) is 0 Å². The van der Waals surface area contributed by atoms with Crippen LogP contribution in [0.1, 0.15) is 27.7 Å². The SMILES string of the molecule is CCOC(C)(OOC)C(OCC)(OCC)C([SiH3])(OC)OC. The second-order valence-electron chi connectivity index (χ2n) is 4.47. The highest BCUT2D eigenvalue weighted by Gasteiger charge is 2.66. The highest BCUT2D eigenvalue weighted by Crippen LogP contribution is 2.42. The monoisotopic (exact) mass is 326 g/mol. The summed E-state index contributed by atoms with van der Waals surface area (Å²) in [6, 6.07) is 0. The molecule has 1 unspecified atom stereocenters. The Morgan fingerprint density at radius 3 is 1.52 bits per heavy atom. The number of methoxy groups -OCH3 is 2. The molecule has 0 aromatic carbocycles. The van der Waals surface area contributed by atoms with Crippen molar-refractivity contribution in [3.8, 4) is 0 Å². The van der Waals surface area contributed by atoms with E-state index in [2.05, 4.69) is 0 Å². The number of ether oxygens (including phenoxy) is 5. The molecule has 0 saturated heterocycles. The van der Waals surface area contributed by atoms with Crippen LogP contribution in [0.15, 0.2) is 0 Å². The lowest BCUT2D eigenvalue weighted by molar-refractivity contribution is -0.524. The zero-order valence-corrected chi connectivity index (χ0v) is 16.5. The average Bonchev–Trinajstić information content (AvgIpc) is 2.46. The highest BCUT2D eigenvalue weighted by molar-refractivity contribution is 6.14. The Balaban J connectivity index is 6.05. The van der Waals surface area contributed by atoms with E-state index >= 15 is 0 Å². The lowest BCUT2D eigenvalue weighted by Gasteiger charge is -2.52. The van der Waals surface area contributed by atoms with E-state index in [0.29, 0.717) is 30.1 Å². The zero-order chi connectivity index (χ0) is 16.6. The van der Waals surface area contributed by atoms with Gasteiger partial charge in [0.05, 0.1) is 17.4 Å². The third kappa shape index (κ3) is 4.02. The molecule has 0 fully saturated rings. The molecule has 0 radical (unpaired) electrons. The summed E-state index contributed by atoms with van der Waals surface area (Å²) < 4.78 is 28.7. The van der Waals surface area contributed by atoms with Gasteiger partial charge >= 0.3 is 0 Å². The summed E-state index contributed by atoms with van der Waals surface area (Å²) in [5.74, 6) is -2.82. The van der Waals surface area contributed by atoms with Crippen LogP contribution < -0.4 is 0 Å². The smallest absolute Gasteiger partial charge is 0.277 e. The second-order valence-corrected chi connectivity index (χ2v) is 5.78. The summed E-state index contributed by atoms with van der Waals surface area (Å²) >= 11 is 0. The maximum atomic E-state index is 5.92. The summed E-state index contributed by atoms with van der Waals surface area (Å²) in [6.45, 7) is 8.29. The molecule has 21 heavy (non-hydrogen) atoms. The molecule has 0 aromatic heterocycles. The summed E-state index contributed by atoms with van der Waals surface area (Å²) in [4.78, 5) is 10.2. The number of hydrogen-bond donors (Lipinski definition) is 0. The molecule has 0 aliphatic heterocycles. The molecule has 0 rings (SSSR count). The van der Waals surface area contributed by atoms with Gasteiger partial charge in [-0.05, 0) is 27.7 Å². The summed E-state index contributed by atoms with van der Waals surface area (Å²) in [5, 5.41) is 0. The van der Waals surface area contributed by atoms with Crippen LogP contribution in [0.25, 0.3) is 0 Å². The molecule has 1 atom stereocenters. The van der Waals surface area contributed by atoms with E-state index in [1.165, 1.54) is 21.3 Å². The Hall–Kier alpha value is -0.0631. The Bertz CT molecular complexity index is 272. The van der Waals surface area contributed by atoms with Gasteiger partial charge in [-0.15, -0.1) is 0 Å². The van der Waals surface area contributed by atoms with E-state index in [1.807, 2.05) is 20.8 Å². The summed E-state index contributed by atoms with van der Waals surface area (Å²) in [7, 11) is 4.90. The van der Waals surface area contributed by atoms with Gasteiger partial charge in [0.25, 0.3) is 11.6 Å². The van der Waals surface area contributed by atoms with Crippen molar-refractivity contribution in [1.29, 1.82) is 0 Å². The van der Waals surface area contributed by atoms with Crippen molar-refractivity contribution in [2.45, 2.75) is 44.7 Å². The number of hydrogen-bond acceptors (Lipinski definition) is 7. The van der Waals surface area contributed by atoms with E-state index in [-0.39, 0.29) is 0 Å². The van der Waals surface area contributed by atoms with E-state index < -0.39 is 17.0 Å². The molecular formula is C13H30O7Si. The third-order valence-electron chi connectivity index (χ3n) is 3.33. The van der Waals surface area contributed by atoms with Crippen molar-refractivity contribution in [2.75, 3.05) is 41.2 Å². The molecule has 0 aliphatic rings. The molecular weight excluding hydrogens is 296 g/mol. The molecule has 0 saturated carbocycles. The normalized spacial score (nSPS) is 16.1. The molecule has 0 aromatic rings. The van der Waals surface area contributed by atoms with Crippen LogP contribution in [0.5, 0.6) is 0 Å². The van der Waals surface area contributed by atoms with Crippen LogP contribution in [0.4, 0.5) is 0 Å². The van der Waals surface area contributed by atoms with Gasteiger partial charge in [-0.1, -0.05) is 0 Å². The molecule has 0 heterocycles. The molecule has 0 N–H and O–H groups in total. The average molecular weight is 326 g/mol. The van der Waals surface area contributed by atoms with Crippen LogP contribution in [0, 0.1) is 0 Å². The fourth-order valence-corrected chi connectivity index (χ4v) is 3.09. The lowest BCUT2D eigenvalue weighted by Crippen LogP contribution is -2.73. The third-order valence-corrected chi connectivity index (χ3v) is 4.81. The number of rotatable bonds is 12. The molecule has 0 amide bonds. The quantitative estimate of drug-likeness (QED) is 0.223. The molecule has 7 nitrogen and oxygen atoms in total. The molecule has 8 heteroatoms. The molecule has 128 valence electrons. The minimum Gasteiger partial charge on any atom is -0.353 e. The van der Waals surface area contributed by atoms with Crippen molar-refractivity contribution < 1.29 is 33.5 Å². The van der Waals surface area contributed by atoms with Crippen LogP contribution in [0.3, 0.4) is 0 Å². The van der Waals surface area contributed by atoms with Crippen LogP contribution in [-0.4, -0.2) is 68.4 Å². The van der Waals surface area contributed by atoms with Gasteiger partial charge in [-0.2, -0.15) is 4.89 Å². The fourth-order valence-electron chi connectivity index (χ4n) is 2.35. The topological polar surface area (TPSA) is 64.6 Å². The molecule has 0 aliphatic carbocycles. The fraction of sp³-hybridized carbons (Fsp3) is 1.00. The van der Waals surface area contributed by atoms with Crippen molar-refractivity contribution in [3.05, 3.63) is 0 Å². The lowest BCUT2D eigenvalue weighted by atomic mass is 10.1. The van der Waals surface area contributed by atoms with E-state index in [4.69, 9.17) is 33.5 Å². The Morgan fingerprint density at radius 2 is 1.24 bits per heavy atom. The van der Waals surface area contributed by atoms with Gasteiger partial charge in [0, 0.05) is 34.0 Å². The maximum absolute atomic E-state index is 5.92. The van der Waals surface area contributed by atoms with Gasteiger partial charge in [0.2, 0.25) is 0 Å². The van der Waals surface area contributed by atoms with Crippen LogP contribution >= 0.6 is 0 Å². The Labute approximate surface area is 130 Å². The Kier molecular flexibility index (Phi) is 9.13. The van der Waals surface area contributed by atoms with E-state index in [1.54, 1.807) is 6.92 Å². The predicted molar refractivity (Wildman–Crippen MR) is 80.8 cm³/mol. The van der Waals surface area contributed by atoms with Crippen LogP contribution in [-0.2, 0) is 33.5 Å². The summed E-state index contributed by atoms with van der Waals surface area (Å²) in [6.07, 6.45) is 0. The minimum absolute atomic E-state index is 0.354. The van der Waals surface area contributed by atoms with Gasteiger partial charge in [0.15, 0.2) is 5.41 Å². The van der Waals surface area contributed by atoms with E-state index in [0.717, 1.165) is 0 Å². The first-order valence-corrected chi connectivity index (χ1v) is 8.10. The predicted octanol–water partition coefficient (Wildman–Crippen LogP) is 0.398. The summed E-state index contributed by atoms with van der Waals surface area (Å²) in [5.41, 5.74) is -1.15.